The Hall–Kier alpha value is -2.53. The molecule has 0 aliphatic heterocycles. The topological polar surface area (TPSA) is 58.6 Å². The highest BCUT2D eigenvalue weighted by atomic mass is 35.5. The van der Waals surface area contributed by atoms with Gasteiger partial charge in [0.1, 0.15) is 11.8 Å². The average molecular weight is 415 g/mol. The summed E-state index contributed by atoms with van der Waals surface area (Å²) in [4.78, 5) is 27.3. The second kappa shape index (κ2) is 10.3. The summed E-state index contributed by atoms with van der Waals surface area (Å²) in [7, 11) is 0. The number of halogens is 1. The Labute approximate surface area is 177 Å². The van der Waals surface area contributed by atoms with Crippen molar-refractivity contribution >= 4 is 23.4 Å². The zero-order valence-corrected chi connectivity index (χ0v) is 17.4. The van der Waals surface area contributed by atoms with E-state index in [9.17, 15) is 9.59 Å². The molecule has 2 aromatic carbocycles. The molecule has 2 aromatic rings. The van der Waals surface area contributed by atoms with Crippen molar-refractivity contribution in [3.63, 3.8) is 0 Å². The van der Waals surface area contributed by atoms with Gasteiger partial charge in [0.05, 0.1) is 0 Å². The minimum absolute atomic E-state index is 0.121. The van der Waals surface area contributed by atoms with Gasteiger partial charge in [0, 0.05) is 17.6 Å². The van der Waals surface area contributed by atoms with Crippen molar-refractivity contribution in [3.8, 4) is 5.75 Å². The molecule has 0 heterocycles. The van der Waals surface area contributed by atoms with Crippen molar-refractivity contribution in [1.29, 1.82) is 0 Å². The number of amides is 2. The summed E-state index contributed by atoms with van der Waals surface area (Å²) in [5.74, 6) is 0.153. The normalized spacial score (nSPS) is 15.0. The maximum absolute atomic E-state index is 13.0. The van der Waals surface area contributed by atoms with Gasteiger partial charge in [0.25, 0.3) is 5.91 Å². The molecule has 6 heteroatoms. The van der Waals surface area contributed by atoms with Crippen molar-refractivity contribution in [2.24, 2.45) is 0 Å². The first-order valence-corrected chi connectivity index (χ1v) is 10.4. The molecule has 3 rings (SSSR count). The van der Waals surface area contributed by atoms with Crippen LogP contribution in [0.3, 0.4) is 0 Å². The summed E-state index contributed by atoms with van der Waals surface area (Å²) in [6.45, 7) is 1.95. The summed E-state index contributed by atoms with van der Waals surface area (Å²) in [6, 6.07) is 16.2. The van der Waals surface area contributed by atoms with Gasteiger partial charge in [-0.25, -0.2) is 0 Å². The van der Waals surface area contributed by atoms with Crippen LogP contribution < -0.4 is 10.1 Å². The third kappa shape index (κ3) is 6.23. The van der Waals surface area contributed by atoms with Gasteiger partial charge in [-0.15, -0.1) is 0 Å². The molecule has 5 nitrogen and oxygen atoms in total. The Morgan fingerprint density at radius 3 is 2.55 bits per heavy atom. The fourth-order valence-electron chi connectivity index (χ4n) is 3.54. The van der Waals surface area contributed by atoms with Crippen LogP contribution in [0.2, 0.25) is 5.02 Å². The van der Waals surface area contributed by atoms with E-state index in [1.165, 1.54) is 0 Å². The van der Waals surface area contributed by atoms with Gasteiger partial charge in [0.2, 0.25) is 5.91 Å². The second-order valence-electron chi connectivity index (χ2n) is 7.42. The lowest BCUT2D eigenvalue weighted by atomic mass is 10.1. The molecule has 0 spiro atoms. The summed E-state index contributed by atoms with van der Waals surface area (Å²) in [6.07, 6.45) is 4.28. The summed E-state index contributed by atoms with van der Waals surface area (Å²) in [5.41, 5.74) is 0.962. The van der Waals surface area contributed by atoms with Crippen LogP contribution in [-0.2, 0) is 16.1 Å². The summed E-state index contributed by atoms with van der Waals surface area (Å²) < 4.78 is 5.62. The smallest absolute Gasteiger partial charge is 0.261 e. The predicted molar refractivity (Wildman–Crippen MR) is 114 cm³/mol. The van der Waals surface area contributed by atoms with Crippen LogP contribution in [0.5, 0.6) is 5.75 Å². The summed E-state index contributed by atoms with van der Waals surface area (Å²) in [5, 5.41) is 3.63. The Morgan fingerprint density at radius 2 is 1.86 bits per heavy atom. The Kier molecular flexibility index (Phi) is 7.53. The Bertz CT molecular complexity index is 822. The number of carbonyl (C=O) groups excluding carboxylic acids is 2. The van der Waals surface area contributed by atoms with E-state index < -0.39 is 6.04 Å². The minimum atomic E-state index is -0.591. The molecule has 29 heavy (non-hydrogen) atoms. The van der Waals surface area contributed by atoms with Gasteiger partial charge >= 0.3 is 0 Å². The van der Waals surface area contributed by atoms with Crippen molar-refractivity contribution in [2.45, 2.75) is 51.2 Å². The molecule has 2 amide bonds. The van der Waals surface area contributed by atoms with Crippen LogP contribution in [-0.4, -0.2) is 35.4 Å². The fraction of sp³-hybridized carbons (Fsp3) is 0.391. The molecular weight excluding hydrogens is 388 g/mol. The van der Waals surface area contributed by atoms with Gasteiger partial charge in [-0.05, 0) is 43.5 Å². The predicted octanol–water partition coefficient (Wildman–Crippen LogP) is 4.19. The monoisotopic (exact) mass is 414 g/mol. The van der Waals surface area contributed by atoms with Crippen molar-refractivity contribution < 1.29 is 14.3 Å². The van der Waals surface area contributed by atoms with E-state index in [2.05, 4.69) is 5.32 Å². The number of hydrogen-bond donors (Lipinski definition) is 1. The molecule has 1 aliphatic carbocycles. The molecule has 0 radical (unpaired) electrons. The number of nitrogens with zero attached hydrogens (tertiary/aromatic N) is 1. The maximum atomic E-state index is 13.0. The van der Waals surface area contributed by atoms with Crippen LogP contribution in [0.1, 0.15) is 38.2 Å². The first-order valence-electron chi connectivity index (χ1n) is 10.0. The van der Waals surface area contributed by atoms with E-state index in [-0.39, 0.29) is 24.5 Å². The van der Waals surface area contributed by atoms with Gasteiger partial charge in [-0.2, -0.15) is 0 Å². The minimum Gasteiger partial charge on any atom is -0.484 e. The molecule has 0 aromatic heterocycles. The molecular formula is C23H27ClN2O3. The lowest BCUT2D eigenvalue weighted by molar-refractivity contribution is -0.142. The number of nitrogens with one attached hydrogen (secondary N) is 1. The van der Waals surface area contributed by atoms with Gasteiger partial charge < -0.3 is 15.0 Å². The first kappa shape index (κ1) is 21.2. The molecule has 1 atom stereocenters. The first-order chi connectivity index (χ1) is 14.0. The largest absolute Gasteiger partial charge is 0.484 e. The van der Waals surface area contributed by atoms with E-state index >= 15 is 0 Å². The standard InChI is InChI=1S/C23H27ClN2O3/c1-17(23(28)25-20-11-5-6-12-20)26(15-18-8-3-2-4-9-18)22(27)16-29-21-13-7-10-19(24)14-21/h2-4,7-10,13-14,17,20H,5-6,11-12,15-16H2,1H3,(H,25,28). The Morgan fingerprint density at radius 1 is 1.14 bits per heavy atom. The lowest BCUT2D eigenvalue weighted by Crippen LogP contribution is -2.50. The second-order valence-corrected chi connectivity index (χ2v) is 7.86. The zero-order valence-electron chi connectivity index (χ0n) is 16.6. The highest BCUT2D eigenvalue weighted by Crippen LogP contribution is 2.19. The third-order valence-electron chi connectivity index (χ3n) is 5.22. The molecule has 1 saturated carbocycles. The van der Waals surface area contributed by atoms with Crippen LogP contribution in [0, 0.1) is 0 Å². The third-order valence-corrected chi connectivity index (χ3v) is 5.46. The van der Waals surface area contributed by atoms with E-state index in [0.717, 1.165) is 31.2 Å². The number of hydrogen-bond acceptors (Lipinski definition) is 3. The molecule has 1 aliphatic rings. The maximum Gasteiger partial charge on any atom is 0.261 e. The number of carbonyl (C=O) groups is 2. The zero-order chi connectivity index (χ0) is 20.6. The van der Waals surface area contributed by atoms with Gasteiger partial charge in [0.15, 0.2) is 6.61 Å². The van der Waals surface area contributed by atoms with Crippen LogP contribution in [0.4, 0.5) is 0 Å². The fourth-order valence-corrected chi connectivity index (χ4v) is 3.72. The SMILES string of the molecule is CC(C(=O)NC1CCCC1)N(Cc1ccccc1)C(=O)COc1cccc(Cl)c1. The van der Waals surface area contributed by atoms with Gasteiger partial charge in [-0.1, -0.05) is 60.8 Å². The molecule has 1 N–H and O–H groups in total. The van der Waals surface area contributed by atoms with Crippen molar-refractivity contribution in [3.05, 3.63) is 65.2 Å². The van der Waals surface area contributed by atoms with Gasteiger partial charge in [-0.3, -0.25) is 9.59 Å². The van der Waals surface area contributed by atoms with E-state index in [0.29, 0.717) is 17.3 Å². The van der Waals surface area contributed by atoms with Crippen molar-refractivity contribution in [2.75, 3.05) is 6.61 Å². The van der Waals surface area contributed by atoms with Crippen LogP contribution in [0.25, 0.3) is 0 Å². The highest BCUT2D eigenvalue weighted by Gasteiger charge is 2.28. The molecule has 154 valence electrons. The summed E-state index contributed by atoms with van der Waals surface area (Å²) >= 11 is 5.97. The molecule has 0 saturated heterocycles. The molecule has 0 bridgehead atoms. The van der Waals surface area contributed by atoms with E-state index in [4.69, 9.17) is 16.3 Å². The highest BCUT2D eigenvalue weighted by molar-refractivity contribution is 6.30. The quantitative estimate of drug-likeness (QED) is 0.704. The molecule has 1 unspecified atom stereocenters. The van der Waals surface area contributed by atoms with Crippen LogP contribution >= 0.6 is 11.6 Å². The van der Waals surface area contributed by atoms with E-state index in [1.54, 1.807) is 36.1 Å². The lowest BCUT2D eigenvalue weighted by Gasteiger charge is -2.29. The number of rotatable bonds is 8. The van der Waals surface area contributed by atoms with Crippen molar-refractivity contribution in [1.82, 2.24) is 10.2 Å². The van der Waals surface area contributed by atoms with Crippen LogP contribution in [0.15, 0.2) is 54.6 Å². The molecule has 1 fully saturated rings. The number of benzene rings is 2. The average Bonchev–Trinajstić information content (AvgIpc) is 3.23. The number of ether oxygens (including phenoxy) is 1. The van der Waals surface area contributed by atoms with E-state index in [1.807, 2.05) is 30.3 Å². The Balaban J connectivity index is 1.68.